The number of nitrogens with one attached hydrogen (secondary N) is 1. The third-order valence-electron chi connectivity index (χ3n) is 5.15. The molecule has 0 aromatic heterocycles. The molecule has 1 aliphatic heterocycles. The van der Waals surface area contributed by atoms with Crippen molar-refractivity contribution >= 4 is 21.5 Å². The summed E-state index contributed by atoms with van der Waals surface area (Å²) in [6.07, 6.45) is 2.81. The van der Waals surface area contributed by atoms with Crippen LogP contribution in [0.2, 0.25) is 0 Å². The Bertz CT molecular complexity index is 958. The van der Waals surface area contributed by atoms with E-state index in [2.05, 4.69) is 5.32 Å². The van der Waals surface area contributed by atoms with Crippen LogP contribution in [0.4, 0.5) is 10.1 Å². The molecule has 0 amide bonds. The monoisotopic (exact) mass is 404 g/mol. The quantitative estimate of drug-likeness (QED) is 0.740. The molecule has 0 saturated carbocycles. The van der Waals surface area contributed by atoms with Gasteiger partial charge in [0.1, 0.15) is 5.82 Å². The number of Topliss-reactive ketones (excluding diaryl/α,β-unsaturated/α-hetero) is 1. The molecule has 7 heteroatoms. The summed E-state index contributed by atoms with van der Waals surface area (Å²) in [4.78, 5) is 12.5. The molecule has 150 valence electrons. The van der Waals surface area contributed by atoms with Gasteiger partial charge in [0.2, 0.25) is 10.0 Å². The number of hydrogen-bond acceptors (Lipinski definition) is 4. The van der Waals surface area contributed by atoms with E-state index in [-0.39, 0.29) is 23.3 Å². The van der Waals surface area contributed by atoms with Crippen LogP contribution in [0.25, 0.3) is 0 Å². The van der Waals surface area contributed by atoms with Gasteiger partial charge < -0.3 is 5.32 Å². The highest BCUT2D eigenvalue weighted by Crippen LogP contribution is 2.25. The van der Waals surface area contributed by atoms with Crippen molar-refractivity contribution in [2.24, 2.45) is 0 Å². The predicted octanol–water partition coefficient (Wildman–Crippen LogP) is 3.99. The first-order chi connectivity index (χ1) is 13.3. The number of carbonyl (C=O) groups excluding carboxylic acids is 1. The number of piperidine rings is 1. The largest absolute Gasteiger partial charge is 0.378 e. The molecule has 1 heterocycles. The van der Waals surface area contributed by atoms with E-state index < -0.39 is 15.8 Å². The smallest absolute Gasteiger partial charge is 0.243 e. The lowest BCUT2D eigenvalue weighted by molar-refractivity contribution is 0.101. The van der Waals surface area contributed by atoms with Gasteiger partial charge in [-0.1, -0.05) is 18.6 Å². The molecule has 1 aliphatic rings. The second-order valence-electron chi connectivity index (χ2n) is 7.23. The molecule has 2 aromatic carbocycles. The molecule has 1 N–H and O–H groups in total. The number of benzene rings is 2. The Kier molecular flexibility index (Phi) is 6.15. The SMILES string of the molecule is Cc1ccc(C(=O)CNc2ccc(S(=O)(=O)N3CCCCC3C)cc2)cc1F. The average molecular weight is 405 g/mol. The summed E-state index contributed by atoms with van der Waals surface area (Å²) in [5, 5.41) is 2.96. The molecule has 0 bridgehead atoms. The number of hydrogen-bond donors (Lipinski definition) is 1. The Labute approximate surface area is 165 Å². The topological polar surface area (TPSA) is 66.5 Å². The van der Waals surface area contributed by atoms with Crippen LogP contribution in [0.5, 0.6) is 0 Å². The van der Waals surface area contributed by atoms with Crippen LogP contribution in [-0.4, -0.2) is 37.6 Å². The van der Waals surface area contributed by atoms with Gasteiger partial charge in [0.05, 0.1) is 11.4 Å². The second kappa shape index (κ2) is 8.41. The lowest BCUT2D eigenvalue weighted by Gasteiger charge is -2.32. The molecule has 1 unspecified atom stereocenters. The Morgan fingerprint density at radius 3 is 2.54 bits per heavy atom. The molecule has 3 rings (SSSR count). The Hall–Kier alpha value is -2.25. The summed E-state index contributed by atoms with van der Waals surface area (Å²) >= 11 is 0. The number of ketones is 1. The Balaban J connectivity index is 1.65. The molecule has 1 fully saturated rings. The number of halogens is 1. The summed E-state index contributed by atoms with van der Waals surface area (Å²) in [6, 6.07) is 10.8. The number of nitrogens with zero attached hydrogens (tertiary/aromatic N) is 1. The van der Waals surface area contributed by atoms with Gasteiger partial charge in [-0.25, -0.2) is 12.8 Å². The van der Waals surface area contributed by atoms with Crippen LogP contribution in [0, 0.1) is 12.7 Å². The highest BCUT2D eigenvalue weighted by atomic mass is 32.2. The maximum Gasteiger partial charge on any atom is 0.243 e. The van der Waals surface area contributed by atoms with E-state index in [0.717, 1.165) is 19.3 Å². The molecule has 1 atom stereocenters. The first kappa shape index (κ1) is 20.5. The number of aryl methyl sites for hydroxylation is 1. The van der Waals surface area contributed by atoms with Crippen LogP contribution in [0.3, 0.4) is 0 Å². The highest BCUT2D eigenvalue weighted by molar-refractivity contribution is 7.89. The van der Waals surface area contributed by atoms with Crippen molar-refractivity contribution in [2.75, 3.05) is 18.4 Å². The zero-order valence-electron chi connectivity index (χ0n) is 16.1. The van der Waals surface area contributed by atoms with E-state index in [1.165, 1.54) is 6.07 Å². The maximum absolute atomic E-state index is 13.6. The number of rotatable bonds is 6. The van der Waals surface area contributed by atoms with Crippen LogP contribution in [0.1, 0.15) is 42.1 Å². The van der Waals surface area contributed by atoms with Gasteiger partial charge in [0, 0.05) is 23.8 Å². The standard InChI is InChI=1S/C21H25FN2O3S/c1-15-6-7-17(13-20(15)22)21(25)14-23-18-8-10-19(11-9-18)28(26,27)24-12-4-3-5-16(24)2/h6-11,13,16,23H,3-5,12,14H2,1-2H3. The minimum Gasteiger partial charge on any atom is -0.378 e. The normalized spacial score (nSPS) is 18.0. The van der Waals surface area contributed by atoms with Crippen LogP contribution in [-0.2, 0) is 10.0 Å². The van der Waals surface area contributed by atoms with Gasteiger partial charge in [-0.05, 0) is 62.6 Å². The molecule has 0 aliphatic carbocycles. The lowest BCUT2D eigenvalue weighted by atomic mass is 10.1. The van der Waals surface area contributed by atoms with Crippen molar-refractivity contribution in [2.45, 2.75) is 44.0 Å². The number of anilines is 1. The third kappa shape index (κ3) is 4.42. The van der Waals surface area contributed by atoms with Crippen molar-refractivity contribution in [3.63, 3.8) is 0 Å². The highest BCUT2D eigenvalue weighted by Gasteiger charge is 2.30. The minimum absolute atomic E-state index is 0.00223. The van der Waals surface area contributed by atoms with Crippen LogP contribution < -0.4 is 5.32 Å². The summed E-state index contributed by atoms with van der Waals surface area (Å²) in [5.41, 5.74) is 1.42. The minimum atomic E-state index is -3.51. The Morgan fingerprint density at radius 1 is 1.18 bits per heavy atom. The van der Waals surface area contributed by atoms with Gasteiger partial charge in [-0.15, -0.1) is 0 Å². The summed E-state index contributed by atoms with van der Waals surface area (Å²) in [6.45, 7) is 4.12. The van der Waals surface area contributed by atoms with Gasteiger partial charge in [0.15, 0.2) is 5.78 Å². The molecular weight excluding hydrogens is 379 g/mol. The van der Waals surface area contributed by atoms with Crippen molar-refractivity contribution in [3.05, 3.63) is 59.4 Å². The second-order valence-corrected chi connectivity index (χ2v) is 9.12. The molecule has 2 aromatic rings. The summed E-state index contributed by atoms with van der Waals surface area (Å²) < 4.78 is 40.8. The molecule has 1 saturated heterocycles. The zero-order valence-corrected chi connectivity index (χ0v) is 16.9. The molecule has 28 heavy (non-hydrogen) atoms. The lowest BCUT2D eigenvalue weighted by Crippen LogP contribution is -2.41. The number of carbonyl (C=O) groups is 1. The van der Waals surface area contributed by atoms with E-state index in [9.17, 15) is 17.6 Å². The van der Waals surface area contributed by atoms with Crippen molar-refractivity contribution in [3.8, 4) is 0 Å². The fourth-order valence-corrected chi connectivity index (χ4v) is 5.06. The van der Waals surface area contributed by atoms with E-state index in [1.54, 1.807) is 47.6 Å². The van der Waals surface area contributed by atoms with E-state index in [4.69, 9.17) is 0 Å². The summed E-state index contributed by atoms with van der Waals surface area (Å²) in [7, 11) is -3.51. The average Bonchev–Trinajstić information content (AvgIpc) is 2.68. The molecule has 5 nitrogen and oxygen atoms in total. The molecule has 0 spiro atoms. The van der Waals surface area contributed by atoms with Gasteiger partial charge >= 0.3 is 0 Å². The van der Waals surface area contributed by atoms with E-state index in [1.807, 2.05) is 6.92 Å². The molecular formula is C21H25FN2O3S. The van der Waals surface area contributed by atoms with Crippen LogP contribution >= 0.6 is 0 Å². The van der Waals surface area contributed by atoms with Crippen molar-refractivity contribution in [1.29, 1.82) is 0 Å². The number of sulfonamides is 1. The first-order valence-electron chi connectivity index (χ1n) is 9.44. The first-order valence-corrected chi connectivity index (χ1v) is 10.9. The van der Waals surface area contributed by atoms with Crippen LogP contribution in [0.15, 0.2) is 47.4 Å². The fourth-order valence-electron chi connectivity index (χ4n) is 3.36. The van der Waals surface area contributed by atoms with E-state index >= 15 is 0 Å². The van der Waals surface area contributed by atoms with Gasteiger partial charge in [0.25, 0.3) is 0 Å². The fraction of sp³-hybridized carbons (Fsp3) is 0.381. The third-order valence-corrected chi connectivity index (χ3v) is 7.18. The van der Waals surface area contributed by atoms with Gasteiger partial charge in [-0.2, -0.15) is 4.31 Å². The maximum atomic E-state index is 13.6. The summed E-state index contributed by atoms with van der Waals surface area (Å²) in [5.74, 6) is -0.648. The Morgan fingerprint density at radius 2 is 1.89 bits per heavy atom. The zero-order chi connectivity index (χ0) is 20.3. The van der Waals surface area contributed by atoms with E-state index in [0.29, 0.717) is 23.4 Å². The molecule has 0 radical (unpaired) electrons. The van der Waals surface area contributed by atoms with Crippen molar-refractivity contribution < 1.29 is 17.6 Å². The van der Waals surface area contributed by atoms with Gasteiger partial charge in [-0.3, -0.25) is 4.79 Å². The van der Waals surface area contributed by atoms with Crippen molar-refractivity contribution in [1.82, 2.24) is 4.31 Å². The predicted molar refractivity (Wildman–Crippen MR) is 108 cm³/mol.